The Balaban J connectivity index is 2.33. The normalized spacial score (nSPS) is 10.5. The summed E-state index contributed by atoms with van der Waals surface area (Å²) in [5.41, 5.74) is 7.32. The molecule has 0 saturated heterocycles. The van der Waals surface area contributed by atoms with Crippen LogP contribution in [0.15, 0.2) is 18.2 Å². The second kappa shape index (κ2) is 6.62. The van der Waals surface area contributed by atoms with Gasteiger partial charge in [-0.25, -0.2) is 0 Å². The van der Waals surface area contributed by atoms with Crippen molar-refractivity contribution in [3.05, 3.63) is 23.8 Å². The zero-order chi connectivity index (χ0) is 11.1. The lowest BCUT2D eigenvalue weighted by molar-refractivity contribution is 0.471. The summed E-state index contributed by atoms with van der Waals surface area (Å²) in [5.74, 6) is 2.36. The monoisotopic (exact) mass is 225 g/mol. The molecular weight excluding hydrogens is 206 g/mol. The number of hydrogen-bond acceptors (Lipinski definition) is 3. The predicted molar refractivity (Wildman–Crippen MR) is 68.2 cm³/mol. The number of anilines is 1. The molecule has 3 heteroatoms. The van der Waals surface area contributed by atoms with Gasteiger partial charge >= 0.3 is 0 Å². The Morgan fingerprint density at radius 2 is 2.13 bits per heavy atom. The van der Waals surface area contributed by atoms with Gasteiger partial charge in [0.2, 0.25) is 0 Å². The number of hydrogen-bond donors (Lipinski definition) is 2. The second-order valence-corrected chi connectivity index (χ2v) is 4.75. The Morgan fingerprint density at radius 1 is 1.33 bits per heavy atom. The number of phenols is 1. The molecular formula is C12H19NOS. The summed E-state index contributed by atoms with van der Waals surface area (Å²) in [6.45, 7) is 2.20. The first kappa shape index (κ1) is 12.2. The van der Waals surface area contributed by atoms with Gasteiger partial charge in [-0.2, -0.15) is 11.8 Å². The average molecular weight is 225 g/mol. The van der Waals surface area contributed by atoms with E-state index in [1.54, 1.807) is 12.1 Å². The first-order valence-corrected chi connectivity index (χ1v) is 6.54. The van der Waals surface area contributed by atoms with Crippen LogP contribution >= 0.6 is 11.8 Å². The first-order valence-electron chi connectivity index (χ1n) is 5.39. The lowest BCUT2D eigenvalue weighted by Crippen LogP contribution is -1.89. The SMILES string of the molecule is CCCCCSCc1cc(N)ccc1O. The molecule has 3 N–H and O–H groups in total. The third-order valence-corrected chi connectivity index (χ3v) is 3.35. The Morgan fingerprint density at radius 3 is 2.87 bits per heavy atom. The Hall–Kier alpha value is -0.830. The number of nitrogen functional groups attached to an aromatic ring is 1. The molecule has 1 aromatic carbocycles. The zero-order valence-electron chi connectivity index (χ0n) is 9.20. The van der Waals surface area contributed by atoms with Crippen molar-refractivity contribution in [1.29, 1.82) is 0 Å². The minimum absolute atomic E-state index is 0.354. The number of benzene rings is 1. The molecule has 2 nitrogen and oxygen atoms in total. The van der Waals surface area contributed by atoms with Gasteiger partial charge in [0.05, 0.1) is 0 Å². The standard InChI is InChI=1S/C12H19NOS/c1-2-3-4-7-15-9-10-8-11(13)5-6-12(10)14/h5-6,8,14H,2-4,7,9,13H2,1H3. The van der Waals surface area contributed by atoms with E-state index in [4.69, 9.17) is 5.73 Å². The molecule has 0 aliphatic heterocycles. The molecule has 0 fully saturated rings. The van der Waals surface area contributed by atoms with Gasteiger partial charge in [0.25, 0.3) is 0 Å². The van der Waals surface area contributed by atoms with Crippen LogP contribution in [0.5, 0.6) is 5.75 Å². The van der Waals surface area contributed by atoms with E-state index in [0.717, 1.165) is 22.8 Å². The Bertz CT molecular complexity index is 302. The second-order valence-electron chi connectivity index (χ2n) is 3.65. The molecule has 15 heavy (non-hydrogen) atoms. The Labute approximate surface area is 95.9 Å². The van der Waals surface area contributed by atoms with Gasteiger partial charge < -0.3 is 10.8 Å². The van der Waals surface area contributed by atoms with E-state index in [0.29, 0.717) is 5.75 Å². The van der Waals surface area contributed by atoms with E-state index < -0.39 is 0 Å². The maximum Gasteiger partial charge on any atom is 0.119 e. The van der Waals surface area contributed by atoms with E-state index in [1.807, 2.05) is 17.8 Å². The van der Waals surface area contributed by atoms with Crippen LogP contribution in [0.4, 0.5) is 5.69 Å². The van der Waals surface area contributed by atoms with Gasteiger partial charge in [0.15, 0.2) is 0 Å². The lowest BCUT2D eigenvalue weighted by atomic mass is 10.2. The van der Waals surface area contributed by atoms with Crippen molar-refractivity contribution in [2.24, 2.45) is 0 Å². The molecule has 0 radical (unpaired) electrons. The highest BCUT2D eigenvalue weighted by Gasteiger charge is 2.01. The number of phenolic OH excluding ortho intramolecular Hbond substituents is 1. The lowest BCUT2D eigenvalue weighted by Gasteiger charge is -2.05. The summed E-state index contributed by atoms with van der Waals surface area (Å²) in [6, 6.07) is 5.24. The maximum absolute atomic E-state index is 9.57. The zero-order valence-corrected chi connectivity index (χ0v) is 10.0. The van der Waals surface area contributed by atoms with Gasteiger partial charge in [-0.3, -0.25) is 0 Å². The van der Waals surface area contributed by atoms with E-state index >= 15 is 0 Å². The summed E-state index contributed by atoms with van der Waals surface area (Å²) >= 11 is 1.85. The van der Waals surface area contributed by atoms with E-state index in [1.165, 1.54) is 19.3 Å². The average Bonchev–Trinajstić information content (AvgIpc) is 2.23. The summed E-state index contributed by atoms with van der Waals surface area (Å²) in [4.78, 5) is 0. The molecule has 0 atom stereocenters. The van der Waals surface area contributed by atoms with Crippen LogP contribution in [0.2, 0.25) is 0 Å². The van der Waals surface area contributed by atoms with Gasteiger partial charge in [0, 0.05) is 17.0 Å². The summed E-state index contributed by atoms with van der Waals surface area (Å²) in [6.07, 6.45) is 3.80. The minimum atomic E-state index is 0.354. The van der Waals surface area contributed by atoms with E-state index in [9.17, 15) is 5.11 Å². The van der Waals surface area contributed by atoms with Crippen LogP contribution < -0.4 is 5.73 Å². The third-order valence-electron chi connectivity index (χ3n) is 2.25. The number of rotatable bonds is 6. The summed E-state index contributed by atoms with van der Waals surface area (Å²) in [5, 5.41) is 9.57. The highest BCUT2D eigenvalue weighted by Crippen LogP contribution is 2.24. The molecule has 0 heterocycles. The highest BCUT2D eigenvalue weighted by atomic mass is 32.2. The van der Waals surface area contributed by atoms with Crippen LogP contribution in [-0.2, 0) is 5.75 Å². The van der Waals surface area contributed by atoms with Crippen molar-refractivity contribution in [2.75, 3.05) is 11.5 Å². The largest absolute Gasteiger partial charge is 0.508 e. The van der Waals surface area contributed by atoms with Crippen molar-refractivity contribution in [1.82, 2.24) is 0 Å². The smallest absolute Gasteiger partial charge is 0.119 e. The quantitative estimate of drug-likeness (QED) is 0.443. The molecule has 0 aromatic heterocycles. The van der Waals surface area contributed by atoms with Crippen molar-refractivity contribution in [3.8, 4) is 5.75 Å². The van der Waals surface area contributed by atoms with Crippen molar-refractivity contribution in [2.45, 2.75) is 31.9 Å². The van der Waals surface area contributed by atoms with Crippen LogP contribution in [0, 0.1) is 0 Å². The van der Waals surface area contributed by atoms with Gasteiger partial charge in [-0.1, -0.05) is 19.8 Å². The Kier molecular flexibility index (Phi) is 5.40. The van der Waals surface area contributed by atoms with Crippen LogP contribution in [0.1, 0.15) is 31.7 Å². The molecule has 1 rings (SSSR count). The summed E-state index contributed by atoms with van der Waals surface area (Å²) < 4.78 is 0. The molecule has 0 aliphatic rings. The molecule has 0 saturated carbocycles. The molecule has 0 aliphatic carbocycles. The van der Waals surface area contributed by atoms with Crippen LogP contribution in [0.3, 0.4) is 0 Å². The topological polar surface area (TPSA) is 46.2 Å². The molecule has 0 spiro atoms. The fourth-order valence-corrected chi connectivity index (χ4v) is 2.36. The fraction of sp³-hybridized carbons (Fsp3) is 0.500. The van der Waals surface area contributed by atoms with Gasteiger partial charge in [-0.15, -0.1) is 0 Å². The summed E-state index contributed by atoms with van der Waals surface area (Å²) in [7, 11) is 0. The molecule has 0 amide bonds. The van der Waals surface area contributed by atoms with Gasteiger partial charge in [-0.05, 0) is 30.4 Å². The highest BCUT2D eigenvalue weighted by molar-refractivity contribution is 7.98. The van der Waals surface area contributed by atoms with Crippen molar-refractivity contribution >= 4 is 17.4 Å². The number of aromatic hydroxyl groups is 1. The molecule has 1 aromatic rings. The molecule has 84 valence electrons. The van der Waals surface area contributed by atoms with Crippen molar-refractivity contribution < 1.29 is 5.11 Å². The molecule has 0 bridgehead atoms. The van der Waals surface area contributed by atoms with Crippen LogP contribution in [-0.4, -0.2) is 10.9 Å². The number of unbranched alkanes of at least 4 members (excludes halogenated alkanes) is 2. The van der Waals surface area contributed by atoms with E-state index in [-0.39, 0.29) is 0 Å². The minimum Gasteiger partial charge on any atom is -0.508 e. The first-order chi connectivity index (χ1) is 7.24. The fourth-order valence-electron chi connectivity index (χ4n) is 1.36. The third kappa shape index (κ3) is 4.47. The maximum atomic E-state index is 9.57. The van der Waals surface area contributed by atoms with E-state index in [2.05, 4.69) is 6.92 Å². The molecule has 0 unspecified atom stereocenters. The number of nitrogens with two attached hydrogens (primary N) is 1. The van der Waals surface area contributed by atoms with Gasteiger partial charge in [0.1, 0.15) is 5.75 Å². The van der Waals surface area contributed by atoms with Crippen LogP contribution in [0.25, 0.3) is 0 Å². The predicted octanol–water partition coefficient (Wildman–Crippen LogP) is 3.40. The number of thioether (sulfide) groups is 1. The van der Waals surface area contributed by atoms with Crippen molar-refractivity contribution in [3.63, 3.8) is 0 Å².